The van der Waals surface area contributed by atoms with E-state index in [1.165, 1.54) is 0 Å². The van der Waals surface area contributed by atoms with E-state index in [2.05, 4.69) is 5.32 Å². The first-order valence-corrected chi connectivity index (χ1v) is 7.81. The lowest BCUT2D eigenvalue weighted by Gasteiger charge is -2.19. The number of hydrogen-bond donors (Lipinski definition) is 2. The molecule has 0 spiro atoms. The van der Waals surface area contributed by atoms with Crippen LogP contribution in [-0.2, 0) is 10.3 Å². The number of anilines is 1. The number of rotatable bonds is 2. The topological polar surface area (TPSA) is 58.6 Å². The third-order valence-corrected chi connectivity index (χ3v) is 4.45. The maximum absolute atomic E-state index is 12.4. The van der Waals surface area contributed by atoms with Crippen molar-refractivity contribution in [2.24, 2.45) is 0 Å². The van der Waals surface area contributed by atoms with Crippen LogP contribution in [0.4, 0.5) is 5.69 Å². The third-order valence-electron chi connectivity index (χ3n) is 3.82. The van der Waals surface area contributed by atoms with Crippen molar-refractivity contribution in [2.75, 3.05) is 5.32 Å². The van der Waals surface area contributed by atoms with Crippen LogP contribution in [0.15, 0.2) is 36.4 Å². The Labute approximate surface area is 144 Å². The average Bonchev–Trinajstić information content (AvgIpc) is 2.68. The van der Waals surface area contributed by atoms with Crippen molar-refractivity contribution in [1.82, 2.24) is 0 Å². The van der Waals surface area contributed by atoms with Gasteiger partial charge in [0.2, 0.25) is 0 Å². The van der Waals surface area contributed by atoms with Crippen LogP contribution in [-0.4, -0.2) is 18.0 Å². The number of hydrogen-bond acceptors (Lipinski definition) is 3. The fraction of sp³-hybridized carbons (Fsp3) is 0.188. The summed E-state index contributed by atoms with van der Waals surface area (Å²) >= 11 is 12.1. The van der Waals surface area contributed by atoms with Gasteiger partial charge in [-0.1, -0.05) is 35.3 Å². The first-order valence-electron chi connectivity index (χ1n) is 7.05. The van der Waals surface area contributed by atoms with Crippen molar-refractivity contribution in [3.8, 4) is 0 Å². The van der Waals surface area contributed by atoms with Gasteiger partial charge in [-0.3, -0.25) is 4.79 Å². The summed E-state index contributed by atoms with van der Waals surface area (Å²) in [7, 11) is -1.01. The van der Waals surface area contributed by atoms with E-state index in [0.29, 0.717) is 11.2 Å². The van der Waals surface area contributed by atoms with Gasteiger partial charge in [-0.25, -0.2) is 0 Å². The Morgan fingerprint density at radius 2 is 1.87 bits per heavy atom. The molecule has 1 aliphatic rings. The number of nitrogens with one attached hydrogen (secondary N) is 1. The molecule has 2 aromatic carbocycles. The first kappa shape index (κ1) is 16.3. The van der Waals surface area contributed by atoms with E-state index in [-0.39, 0.29) is 15.6 Å². The second-order valence-electron chi connectivity index (χ2n) is 5.83. The summed E-state index contributed by atoms with van der Waals surface area (Å²) in [5.41, 5.74) is 1.71. The zero-order valence-corrected chi connectivity index (χ0v) is 14.1. The predicted octanol–water partition coefficient (Wildman–Crippen LogP) is 3.20. The Bertz CT molecular complexity index is 775. The first-order chi connectivity index (χ1) is 10.8. The van der Waals surface area contributed by atoms with E-state index in [0.717, 1.165) is 5.56 Å². The van der Waals surface area contributed by atoms with Crippen molar-refractivity contribution in [1.29, 1.82) is 0 Å². The summed E-state index contributed by atoms with van der Waals surface area (Å²) in [5.74, 6) is -0.409. The molecule has 3 rings (SSSR count). The number of carbonyl (C=O) groups excluding carboxylic acids is 1. The minimum atomic E-state index is -1.01. The van der Waals surface area contributed by atoms with Gasteiger partial charge in [0.25, 0.3) is 5.91 Å². The minimum Gasteiger partial charge on any atom is -0.423 e. The van der Waals surface area contributed by atoms with E-state index < -0.39 is 18.6 Å². The Kier molecular flexibility index (Phi) is 4.15. The fourth-order valence-corrected chi connectivity index (χ4v) is 3.28. The van der Waals surface area contributed by atoms with E-state index in [9.17, 15) is 9.82 Å². The molecule has 1 amide bonds. The maximum atomic E-state index is 12.4. The number of benzene rings is 2. The summed E-state index contributed by atoms with van der Waals surface area (Å²) < 4.78 is 5.50. The highest BCUT2D eigenvalue weighted by atomic mass is 35.5. The highest BCUT2D eigenvalue weighted by molar-refractivity contribution is 6.62. The van der Waals surface area contributed by atoms with E-state index in [1.807, 2.05) is 19.9 Å². The Morgan fingerprint density at radius 1 is 1.22 bits per heavy atom. The quantitative estimate of drug-likeness (QED) is 0.818. The number of amides is 1. The molecule has 0 atom stereocenters. The smallest absolute Gasteiger partial charge is 0.423 e. The van der Waals surface area contributed by atoms with E-state index in [1.54, 1.807) is 30.3 Å². The second-order valence-corrected chi connectivity index (χ2v) is 6.65. The molecule has 1 heterocycles. The van der Waals surface area contributed by atoms with Crippen LogP contribution in [0.1, 0.15) is 29.8 Å². The molecule has 0 saturated heterocycles. The van der Waals surface area contributed by atoms with Gasteiger partial charge in [0.05, 0.1) is 21.2 Å². The summed E-state index contributed by atoms with van der Waals surface area (Å²) in [5, 5.41) is 13.3. The van der Waals surface area contributed by atoms with Gasteiger partial charge in [0.15, 0.2) is 0 Å². The molecule has 0 bridgehead atoms. The number of halogens is 2. The van der Waals surface area contributed by atoms with Crippen LogP contribution >= 0.6 is 23.2 Å². The second kappa shape index (κ2) is 5.84. The molecule has 23 heavy (non-hydrogen) atoms. The normalized spacial score (nSPS) is 15.4. The van der Waals surface area contributed by atoms with Crippen LogP contribution < -0.4 is 10.8 Å². The zero-order chi connectivity index (χ0) is 16.8. The van der Waals surface area contributed by atoms with Crippen molar-refractivity contribution in [2.45, 2.75) is 19.4 Å². The molecule has 2 N–H and O–H groups in total. The van der Waals surface area contributed by atoms with Gasteiger partial charge < -0.3 is 15.0 Å². The standard InChI is InChI=1S/C16H14BCl2NO3/c1-16(2)10-7-6-9(8-11(10)17(22)23-16)20-15(21)14-12(18)4-3-5-13(14)19/h3-8,22H,1-2H3,(H,20,21). The van der Waals surface area contributed by atoms with Gasteiger partial charge in [-0.2, -0.15) is 0 Å². The minimum absolute atomic E-state index is 0.216. The summed E-state index contributed by atoms with van der Waals surface area (Å²) in [6.45, 7) is 3.76. The lowest BCUT2D eigenvalue weighted by Crippen LogP contribution is -2.29. The summed E-state index contributed by atoms with van der Waals surface area (Å²) in [6, 6.07) is 10.2. The maximum Gasteiger partial charge on any atom is 0.492 e. The van der Waals surface area contributed by atoms with Gasteiger partial charge in [0, 0.05) is 5.69 Å². The highest BCUT2D eigenvalue weighted by Gasteiger charge is 2.40. The molecule has 0 saturated carbocycles. The van der Waals surface area contributed by atoms with Crippen LogP contribution in [0, 0.1) is 0 Å². The molecule has 0 aliphatic carbocycles. The SMILES string of the molecule is CC1(C)OB(O)c2cc(NC(=O)c3c(Cl)cccc3Cl)ccc21. The van der Waals surface area contributed by atoms with Crippen LogP contribution in [0.3, 0.4) is 0 Å². The molecule has 118 valence electrons. The van der Waals surface area contributed by atoms with Crippen molar-refractivity contribution < 1.29 is 14.5 Å². The Balaban J connectivity index is 1.90. The van der Waals surface area contributed by atoms with Gasteiger partial charge >= 0.3 is 7.12 Å². The largest absolute Gasteiger partial charge is 0.492 e. The molecular weight excluding hydrogens is 336 g/mol. The molecule has 1 aliphatic heterocycles. The number of fused-ring (bicyclic) bond motifs is 1. The van der Waals surface area contributed by atoms with Gasteiger partial charge in [-0.15, -0.1) is 0 Å². The molecular formula is C16H14BCl2NO3. The van der Waals surface area contributed by atoms with Crippen molar-refractivity contribution >= 4 is 47.4 Å². The molecule has 0 unspecified atom stereocenters. The molecule has 4 nitrogen and oxygen atoms in total. The highest BCUT2D eigenvalue weighted by Crippen LogP contribution is 2.31. The summed E-state index contributed by atoms with van der Waals surface area (Å²) in [4.78, 5) is 12.4. The Hall–Kier alpha value is -1.53. The van der Waals surface area contributed by atoms with E-state index >= 15 is 0 Å². The molecule has 0 fully saturated rings. The average molecular weight is 350 g/mol. The lowest BCUT2D eigenvalue weighted by molar-refractivity contribution is 0.101. The van der Waals surface area contributed by atoms with E-state index in [4.69, 9.17) is 27.9 Å². The third kappa shape index (κ3) is 2.97. The van der Waals surface area contributed by atoms with Crippen molar-refractivity contribution in [3.63, 3.8) is 0 Å². The van der Waals surface area contributed by atoms with Gasteiger partial charge in [-0.05, 0) is 49.1 Å². The summed E-state index contributed by atoms with van der Waals surface area (Å²) in [6.07, 6.45) is 0. The molecule has 0 aromatic heterocycles. The van der Waals surface area contributed by atoms with Crippen LogP contribution in [0.2, 0.25) is 10.0 Å². The Morgan fingerprint density at radius 3 is 2.52 bits per heavy atom. The molecule has 7 heteroatoms. The fourth-order valence-electron chi connectivity index (χ4n) is 2.71. The molecule has 2 aromatic rings. The van der Waals surface area contributed by atoms with Gasteiger partial charge in [0.1, 0.15) is 0 Å². The monoisotopic (exact) mass is 349 g/mol. The lowest BCUT2D eigenvalue weighted by atomic mass is 9.78. The number of carbonyl (C=O) groups is 1. The van der Waals surface area contributed by atoms with Crippen molar-refractivity contribution in [3.05, 3.63) is 57.6 Å². The van der Waals surface area contributed by atoms with Crippen LogP contribution in [0.25, 0.3) is 0 Å². The molecule has 0 radical (unpaired) electrons. The van der Waals surface area contributed by atoms with Crippen LogP contribution in [0.5, 0.6) is 0 Å². The predicted molar refractivity (Wildman–Crippen MR) is 92.6 cm³/mol. The zero-order valence-electron chi connectivity index (χ0n) is 12.6.